The Morgan fingerprint density at radius 3 is 2.20 bits per heavy atom. The number of carbonyl (C=O) groups excluding carboxylic acids is 1. The first-order chi connectivity index (χ1) is 2.27. The van der Waals surface area contributed by atoms with Crippen molar-refractivity contribution in [1.82, 2.24) is 0 Å². The van der Waals surface area contributed by atoms with Crippen LogP contribution in [0.5, 0.6) is 0 Å². The number of rotatable bonds is 1. The average Bonchev–Trinajstić information content (AvgIpc) is 1.38. The number of hydrogen-bond acceptors (Lipinski definition) is 2. The van der Waals surface area contributed by atoms with Gasteiger partial charge in [-0.25, -0.2) is 0 Å². The predicted octanol–water partition coefficient (Wildman–Crippen LogP) is -1.04. The monoisotopic (exact) mass is 72.0 g/mol. The largest absolute Gasteiger partial charge is 0.553 e. The van der Waals surface area contributed by atoms with Crippen molar-refractivity contribution >= 4 is 5.97 Å². The maximum Gasteiger partial charge on any atom is 0.0116 e. The zero-order valence-corrected chi connectivity index (χ0v) is 2.73. The van der Waals surface area contributed by atoms with Crippen molar-refractivity contribution in [3.8, 4) is 0 Å². The smallest absolute Gasteiger partial charge is 0.0116 e. The quantitative estimate of drug-likeness (QED) is 0.371. The standard InChI is InChI=1S/C3H5O2/c1-2-3(4)5/h1-2H2,(H,4,5)/q-1/p-1. The van der Waals surface area contributed by atoms with Crippen LogP contribution >= 0.6 is 0 Å². The fourth-order valence-corrected chi connectivity index (χ4v) is 0. The minimum Gasteiger partial charge on any atom is -0.553 e. The summed E-state index contributed by atoms with van der Waals surface area (Å²) in [5.41, 5.74) is 0. The van der Waals surface area contributed by atoms with E-state index in [9.17, 15) is 9.90 Å². The molecule has 0 bridgehead atoms. The molecule has 0 aliphatic rings. The lowest BCUT2D eigenvalue weighted by Crippen LogP contribution is -2.20. The van der Waals surface area contributed by atoms with E-state index in [0.29, 0.717) is 0 Å². The van der Waals surface area contributed by atoms with Gasteiger partial charge in [-0.05, 0) is 0 Å². The Balaban J connectivity index is 2.85. The molecule has 0 spiro atoms. The van der Waals surface area contributed by atoms with Crippen LogP contribution in [0.25, 0.3) is 0 Å². The highest BCUT2D eigenvalue weighted by Crippen LogP contribution is 1.60. The zero-order valence-electron chi connectivity index (χ0n) is 2.73. The lowest BCUT2D eigenvalue weighted by molar-refractivity contribution is -0.304. The number of aliphatic carboxylic acids is 1. The topological polar surface area (TPSA) is 40.1 Å². The molecule has 0 aliphatic carbocycles. The maximum atomic E-state index is 9.19. The van der Waals surface area contributed by atoms with Crippen molar-refractivity contribution in [1.29, 1.82) is 0 Å². The Hall–Kier alpha value is -0.530. The summed E-state index contributed by atoms with van der Waals surface area (Å²) < 4.78 is 0. The summed E-state index contributed by atoms with van der Waals surface area (Å²) in [5, 5.41) is 9.19. The molecule has 0 aromatic rings. The van der Waals surface area contributed by atoms with Crippen LogP contribution in [-0.4, -0.2) is 5.97 Å². The summed E-state index contributed by atoms with van der Waals surface area (Å²) >= 11 is 0. The van der Waals surface area contributed by atoms with Crippen LogP contribution in [0.1, 0.15) is 6.42 Å². The van der Waals surface area contributed by atoms with E-state index in [0.717, 1.165) is 0 Å². The van der Waals surface area contributed by atoms with Gasteiger partial charge < -0.3 is 16.8 Å². The van der Waals surface area contributed by atoms with Crippen molar-refractivity contribution in [2.24, 2.45) is 0 Å². The van der Waals surface area contributed by atoms with Gasteiger partial charge in [0.2, 0.25) is 0 Å². The second-order valence-electron chi connectivity index (χ2n) is 0.622. The third-order valence-electron chi connectivity index (χ3n) is 0.204. The van der Waals surface area contributed by atoms with Crippen molar-refractivity contribution in [2.75, 3.05) is 0 Å². The number of carbonyl (C=O) groups is 1. The summed E-state index contributed by atoms with van der Waals surface area (Å²) in [7, 11) is 0. The van der Waals surface area contributed by atoms with E-state index in [-0.39, 0.29) is 6.42 Å². The normalized spacial score (nSPS) is 7.40. The Bertz CT molecular complexity index is 40.2. The molecule has 5 heavy (non-hydrogen) atoms. The third-order valence-corrected chi connectivity index (χ3v) is 0.204. The van der Waals surface area contributed by atoms with Gasteiger partial charge in [0.05, 0.1) is 0 Å². The van der Waals surface area contributed by atoms with Gasteiger partial charge in [0.25, 0.3) is 0 Å². The molecule has 0 N–H and O–H groups in total. The number of carboxylic acids is 1. The van der Waals surface area contributed by atoms with Gasteiger partial charge in [0.15, 0.2) is 0 Å². The molecule has 0 atom stereocenters. The Morgan fingerprint density at radius 1 is 2.00 bits per heavy atom. The molecule has 0 aromatic carbocycles. The first-order valence-electron chi connectivity index (χ1n) is 1.26. The van der Waals surface area contributed by atoms with E-state index < -0.39 is 5.97 Å². The van der Waals surface area contributed by atoms with Gasteiger partial charge in [-0.2, -0.15) is 0 Å². The molecule has 0 saturated heterocycles. The third kappa shape index (κ3) is 3.47. The highest BCUT2D eigenvalue weighted by Gasteiger charge is 1.57. The van der Waals surface area contributed by atoms with Crippen molar-refractivity contribution in [3.05, 3.63) is 6.92 Å². The first-order valence-corrected chi connectivity index (χ1v) is 1.26. The van der Waals surface area contributed by atoms with Gasteiger partial charge in [-0.1, -0.05) is 0 Å². The molecule has 0 amide bonds. The molecule has 2 nitrogen and oxygen atoms in total. The lowest BCUT2D eigenvalue weighted by atomic mass is 10.5. The molecule has 0 aliphatic heterocycles. The average molecular weight is 72.1 g/mol. The molecule has 0 fully saturated rings. The molecule has 0 aromatic heterocycles. The molecule has 0 unspecified atom stereocenters. The highest BCUT2D eigenvalue weighted by atomic mass is 16.4. The van der Waals surface area contributed by atoms with Crippen LogP contribution in [0.4, 0.5) is 0 Å². The van der Waals surface area contributed by atoms with Crippen LogP contribution in [0.2, 0.25) is 0 Å². The summed E-state index contributed by atoms with van der Waals surface area (Å²) in [6.45, 7) is 3.02. The fraction of sp³-hybridized carbons (Fsp3) is 0.333. The molecule has 0 rings (SSSR count). The minimum absolute atomic E-state index is 0.139. The van der Waals surface area contributed by atoms with Gasteiger partial charge in [-0.3, -0.25) is 0 Å². The van der Waals surface area contributed by atoms with Crippen LogP contribution in [-0.2, 0) is 4.79 Å². The Kier molecular flexibility index (Phi) is 1.57. The fourth-order valence-electron chi connectivity index (χ4n) is 0. The maximum absolute atomic E-state index is 9.19. The van der Waals surface area contributed by atoms with Gasteiger partial charge in [0, 0.05) is 5.97 Å². The van der Waals surface area contributed by atoms with Crippen LogP contribution in [0.15, 0.2) is 0 Å². The number of hydrogen-bond donors (Lipinski definition) is 0. The second kappa shape index (κ2) is 1.76. The van der Waals surface area contributed by atoms with Gasteiger partial charge in [0.1, 0.15) is 0 Å². The van der Waals surface area contributed by atoms with Crippen LogP contribution in [0, 0.1) is 6.92 Å². The zero-order chi connectivity index (χ0) is 4.28. The van der Waals surface area contributed by atoms with Crippen molar-refractivity contribution in [2.45, 2.75) is 6.42 Å². The minimum atomic E-state index is -1.11. The SMILES string of the molecule is [CH2-]CC(=O)[O-]. The lowest BCUT2D eigenvalue weighted by Gasteiger charge is -1.93. The second-order valence-corrected chi connectivity index (χ2v) is 0.622. The van der Waals surface area contributed by atoms with E-state index in [2.05, 4.69) is 6.92 Å². The predicted molar refractivity (Wildman–Crippen MR) is 15.0 cm³/mol. The van der Waals surface area contributed by atoms with Crippen molar-refractivity contribution in [3.63, 3.8) is 0 Å². The Labute approximate surface area is 30.4 Å². The first kappa shape index (κ1) is 4.47. The molecule has 2 heteroatoms. The summed E-state index contributed by atoms with van der Waals surface area (Å²) in [6.07, 6.45) is -0.139. The van der Waals surface area contributed by atoms with Crippen LogP contribution < -0.4 is 5.11 Å². The van der Waals surface area contributed by atoms with E-state index in [1.165, 1.54) is 0 Å². The van der Waals surface area contributed by atoms with Gasteiger partial charge >= 0.3 is 0 Å². The van der Waals surface area contributed by atoms with E-state index >= 15 is 0 Å². The highest BCUT2D eigenvalue weighted by molar-refractivity contribution is 5.64. The summed E-state index contributed by atoms with van der Waals surface area (Å²) in [6, 6.07) is 0. The molecule has 30 valence electrons. The van der Waals surface area contributed by atoms with E-state index in [1.807, 2.05) is 0 Å². The molecular formula is C3H4O2-2. The van der Waals surface area contributed by atoms with Gasteiger partial charge in [-0.15, -0.1) is 6.42 Å². The molecular weight excluding hydrogens is 68.0 g/mol. The molecule has 0 radical (unpaired) electrons. The van der Waals surface area contributed by atoms with E-state index in [1.54, 1.807) is 0 Å². The summed E-state index contributed by atoms with van der Waals surface area (Å²) in [4.78, 5) is 9.19. The molecule has 0 saturated carbocycles. The number of carboxylic acid groups (broad SMARTS) is 1. The molecule has 0 heterocycles. The van der Waals surface area contributed by atoms with Crippen molar-refractivity contribution < 1.29 is 9.90 Å². The van der Waals surface area contributed by atoms with E-state index in [4.69, 9.17) is 0 Å². The Morgan fingerprint density at radius 2 is 2.20 bits per heavy atom. The van der Waals surface area contributed by atoms with Crippen LogP contribution in [0.3, 0.4) is 0 Å². The summed E-state index contributed by atoms with van der Waals surface area (Å²) in [5.74, 6) is -1.11.